The van der Waals surface area contributed by atoms with Gasteiger partial charge in [0.05, 0.1) is 24.9 Å². The van der Waals surface area contributed by atoms with Crippen LogP contribution in [-0.2, 0) is 0 Å². The number of nitrogens with one attached hydrogen (secondary N) is 1. The molecule has 4 rings (SSSR count). The van der Waals surface area contributed by atoms with Gasteiger partial charge in [-0.15, -0.1) is 0 Å². The van der Waals surface area contributed by atoms with Crippen molar-refractivity contribution in [3.8, 4) is 11.5 Å². The maximum atomic E-state index is 11.8. The summed E-state index contributed by atoms with van der Waals surface area (Å²) in [4.78, 5) is 21.1. The van der Waals surface area contributed by atoms with Crippen molar-refractivity contribution in [2.45, 2.75) is 13.3 Å². The molecule has 0 amide bonds. The van der Waals surface area contributed by atoms with Crippen molar-refractivity contribution >= 4 is 28.2 Å². The van der Waals surface area contributed by atoms with Crippen molar-refractivity contribution in [1.82, 2.24) is 14.8 Å². The molecule has 2 N–H and O–H groups in total. The Kier molecular flexibility index (Phi) is 7.82. The molecule has 0 saturated carbocycles. The van der Waals surface area contributed by atoms with E-state index in [4.69, 9.17) is 9.47 Å². The van der Waals surface area contributed by atoms with Crippen molar-refractivity contribution in [3.63, 3.8) is 0 Å². The van der Waals surface area contributed by atoms with Gasteiger partial charge in [0.1, 0.15) is 17.1 Å². The van der Waals surface area contributed by atoms with Gasteiger partial charge in [0, 0.05) is 50.0 Å². The van der Waals surface area contributed by atoms with Gasteiger partial charge < -0.3 is 29.7 Å². The van der Waals surface area contributed by atoms with E-state index in [0.717, 1.165) is 57.1 Å². The molecule has 0 atom stereocenters. The van der Waals surface area contributed by atoms with Crippen LogP contribution in [0.1, 0.15) is 23.7 Å². The molecule has 0 spiro atoms. The molecule has 0 radical (unpaired) electrons. The number of benzene rings is 2. The van der Waals surface area contributed by atoms with Gasteiger partial charge in [-0.1, -0.05) is 6.92 Å². The highest BCUT2D eigenvalue weighted by atomic mass is 16.5. The molecule has 8 heteroatoms. The average Bonchev–Trinajstić information content (AvgIpc) is 2.87. The fourth-order valence-electron chi connectivity index (χ4n) is 4.18. The molecule has 0 unspecified atom stereocenters. The van der Waals surface area contributed by atoms with Gasteiger partial charge in [-0.3, -0.25) is 4.98 Å². The van der Waals surface area contributed by atoms with Crippen molar-refractivity contribution < 1.29 is 19.4 Å². The Labute approximate surface area is 200 Å². The Balaban J connectivity index is 1.37. The van der Waals surface area contributed by atoms with Crippen LogP contribution < -0.4 is 14.8 Å². The first-order valence-corrected chi connectivity index (χ1v) is 11.7. The van der Waals surface area contributed by atoms with E-state index < -0.39 is 5.97 Å². The van der Waals surface area contributed by atoms with Crippen LogP contribution in [-0.4, -0.2) is 78.8 Å². The number of aromatic carboxylic acids is 1. The lowest BCUT2D eigenvalue weighted by Crippen LogP contribution is -2.46. The number of carbonyl (C=O) groups is 1. The Morgan fingerprint density at radius 2 is 1.76 bits per heavy atom. The molecule has 1 fully saturated rings. The summed E-state index contributed by atoms with van der Waals surface area (Å²) in [7, 11) is 1.58. The van der Waals surface area contributed by atoms with Gasteiger partial charge in [-0.05, 0) is 55.4 Å². The lowest BCUT2D eigenvalue weighted by atomic mass is 10.1. The minimum atomic E-state index is -1.05. The molecule has 0 aliphatic carbocycles. The summed E-state index contributed by atoms with van der Waals surface area (Å²) in [5.41, 5.74) is 2.03. The molecule has 0 bridgehead atoms. The summed E-state index contributed by atoms with van der Waals surface area (Å²) in [6.07, 6.45) is 2.36. The van der Waals surface area contributed by atoms with Crippen LogP contribution in [0.25, 0.3) is 10.9 Å². The Morgan fingerprint density at radius 1 is 1.06 bits per heavy atom. The third-order valence-corrected chi connectivity index (χ3v) is 6.23. The van der Waals surface area contributed by atoms with Crippen molar-refractivity contribution in [1.29, 1.82) is 0 Å². The summed E-state index contributed by atoms with van der Waals surface area (Å²) in [6, 6.07) is 13.0. The molecule has 3 aromatic rings. The van der Waals surface area contributed by atoms with Gasteiger partial charge in [0.2, 0.25) is 0 Å². The number of nitrogens with zero attached hydrogens (tertiary/aromatic N) is 3. The molecule has 1 aromatic heterocycles. The van der Waals surface area contributed by atoms with Crippen molar-refractivity contribution in [2.24, 2.45) is 0 Å². The second-order valence-electron chi connectivity index (χ2n) is 8.36. The van der Waals surface area contributed by atoms with Gasteiger partial charge in [0.15, 0.2) is 0 Å². The number of aromatic nitrogens is 1. The van der Waals surface area contributed by atoms with E-state index in [-0.39, 0.29) is 5.56 Å². The van der Waals surface area contributed by atoms with Crippen LogP contribution in [0.4, 0.5) is 11.4 Å². The van der Waals surface area contributed by atoms with Crippen molar-refractivity contribution in [2.75, 3.05) is 58.3 Å². The standard InChI is InChI=1S/C26H32N4O4/c1-3-29-12-14-30(15-13-29)11-4-16-34-20-7-5-19(6-8-20)28-25-22-17-21(33-2)9-10-24(22)27-18-23(25)26(31)32/h5-10,17-18H,3-4,11-16H2,1-2H3,(H,27,28)(H,31,32). The number of likely N-dealkylation sites (N-methyl/N-ethyl adjacent to an activating group) is 1. The zero-order valence-electron chi connectivity index (χ0n) is 19.8. The lowest BCUT2D eigenvalue weighted by molar-refractivity contribution is 0.0697. The predicted molar refractivity (Wildman–Crippen MR) is 134 cm³/mol. The molecular weight excluding hydrogens is 432 g/mol. The first-order valence-electron chi connectivity index (χ1n) is 11.7. The van der Waals surface area contributed by atoms with E-state index >= 15 is 0 Å². The molecule has 180 valence electrons. The average molecular weight is 465 g/mol. The number of piperazine rings is 1. The maximum Gasteiger partial charge on any atom is 0.339 e. The molecular formula is C26H32N4O4. The topological polar surface area (TPSA) is 87.2 Å². The summed E-state index contributed by atoms with van der Waals surface area (Å²) in [5, 5.41) is 13.6. The molecule has 2 aromatic carbocycles. The van der Waals surface area contributed by atoms with Crippen LogP contribution in [0.15, 0.2) is 48.7 Å². The number of fused-ring (bicyclic) bond motifs is 1. The number of anilines is 2. The Bertz CT molecular complexity index is 1110. The molecule has 1 aliphatic heterocycles. The number of carboxylic acids is 1. The maximum absolute atomic E-state index is 11.8. The Hall–Kier alpha value is -3.36. The fourth-order valence-corrected chi connectivity index (χ4v) is 4.18. The molecule has 8 nitrogen and oxygen atoms in total. The number of hydrogen-bond acceptors (Lipinski definition) is 7. The van der Waals surface area contributed by atoms with Crippen LogP contribution in [0, 0.1) is 0 Å². The fraction of sp³-hybridized carbons (Fsp3) is 0.385. The number of pyridine rings is 1. The normalized spacial score (nSPS) is 14.8. The number of ether oxygens (including phenoxy) is 2. The minimum Gasteiger partial charge on any atom is -0.497 e. The SMILES string of the molecule is CCN1CCN(CCCOc2ccc(Nc3c(C(=O)O)cnc4ccc(OC)cc34)cc2)CC1. The third kappa shape index (κ3) is 5.76. The highest BCUT2D eigenvalue weighted by Crippen LogP contribution is 2.32. The number of rotatable bonds is 10. The second-order valence-corrected chi connectivity index (χ2v) is 8.36. The minimum absolute atomic E-state index is 0.0980. The van der Waals surface area contributed by atoms with E-state index in [1.54, 1.807) is 19.2 Å². The summed E-state index contributed by atoms with van der Waals surface area (Å²) >= 11 is 0. The number of carboxylic acid groups (broad SMARTS) is 1. The van der Waals surface area contributed by atoms with Crippen LogP contribution in [0.2, 0.25) is 0 Å². The molecule has 34 heavy (non-hydrogen) atoms. The van der Waals surface area contributed by atoms with Gasteiger partial charge in [0.25, 0.3) is 0 Å². The largest absolute Gasteiger partial charge is 0.497 e. The van der Waals surface area contributed by atoms with E-state index in [0.29, 0.717) is 28.9 Å². The summed E-state index contributed by atoms with van der Waals surface area (Å²) in [5.74, 6) is 0.382. The first-order chi connectivity index (χ1) is 16.6. The van der Waals surface area contributed by atoms with Crippen molar-refractivity contribution in [3.05, 3.63) is 54.2 Å². The predicted octanol–water partition coefficient (Wildman–Crippen LogP) is 4.09. The van der Waals surface area contributed by atoms with Crippen LogP contribution in [0.5, 0.6) is 11.5 Å². The zero-order valence-corrected chi connectivity index (χ0v) is 19.8. The van der Waals surface area contributed by atoms with Gasteiger partial charge >= 0.3 is 5.97 Å². The molecule has 2 heterocycles. The third-order valence-electron chi connectivity index (χ3n) is 6.23. The number of hydrogen-bond donors (Lipinski definition) is 2. The second kappa shape index (κ2) is 11.2. The summed E-state index contributed by atoms with van der Waals surface area (Å²) < 4.78 is 11.2. The number of methoxy groups -OCH3 is 1. The summed E-state index contributed by atoms with van der Waals surface area (Å²) in [6.45, 7) is 9.61. The Morgan fingerprint density at radius 3 is 2.44 bits per heavy atom. The van der Waals surface area contributed by atoms with Gasteiger partial charge in [-0.25, -0.2) is 4.79 Å². The highest BCUT2D eigenvalue weighted by molar-refractivity contribution is 6.05. The quantitative estimate of drug-likeness (QED) is 0.434. The highest BCUT2D eigenvalue weighted by Gasteiger charge is 2.16. The molecule has 1 saturated heterocycles. The van der Waals surface area contributed by atoms with E-state index in [9.17, 15) is 9.90 Å². The monoisotopic (exact) mass is 464 g/mol. The van der Waals surface area contributed by atoms with E-state index in [2.05, 4.69) is 27.0 Å². The van der Waals surface area contributed by atoms with Gasteiger partial charge in [-0.2, -0.15) is 0 Å². The van der Waals surface area contributed by atoms with Crippen LogP contribution >= 0.6 is 0 Å². The zero-order chi connectivity index (χ0) is 23.9. The van der Waals surface area contributed by atoms with E-state index in [1.807, 2.05) is 30.3 Å². The first kappa shape index (κ1) is 23.8. The molecule has 1 aliphatic rings. The smallest absolute Gasteiger partial charge is 0.339 e. The van der Waals surface area contributed by atoms with Crippen LogP contribution in [0.3, 0.4) is 0 Å². The van der Waals surface area contributed by atoms with E-state index in [1.165, 1.54) is 6.20 Å². The lowest BCUT2D eigenvalue weighted by Gasteiger charge is -2.33.